The summed E-state index contributed by atoms with van der Waals surface area (Å²) in [7, 11) is 0. The second-order valence-electron chi connectivity index (χ2n) is 2.76. The molecule has 0 heterocycles. The summed E-state index contributed by atoms with van der Waals surface area (Å²) in [6.07, 6.45) is 3.52. The molecule has 0 saturated carbocycles. The molecule has 0 aliphatic heterocycles. The van der Waals surface area contributed by atoms with Crippen LogP contribution in [0, 0.1) is 0 Å². The van der Waals surface area contributed by atoms with E-state index in [-0.39, 0.29) is 0 Å². The van der Waals surface area contributed by atoms with Gasteiger partial charge >= 0.3 is 0 Å². The molecule has 1 nitrogen and oxygen atoms in total. The Hall–Kier alpha value is -1.24. The van der Waals surface area contributed by atoms with E-state index >= 15 is 0 Å². The Morgan fingerprint density at radius 3 is 2.83 bits per heavy atom. The average Bonchev–Trinajstić information content (AvgIpc) is 2.09. The summed E-state index contributed by atoms with van der Waals surface area (Å²) in [5, 5.41) is 9.51. The van der Waals surface area contributed by atoms with Gasteiger partial charge in [0.1, 0.15) is 5.75 Å². The lowest BCUT2D eigenvalue weighted by Crippen LogP contribution is -1.90. The van der Waals surface area contributed by atoms with Gasteiger partial charge in [-0.05, 0) is 24.5 Å². The Morgan fingerprint density at radius 2 is 2.25 bits per heavy atom. The minimum absolute atomic E-state index is 0.384. The number of benzene rings is 1. The van der Waals surface area contributed by atoms with Gasteiger partial charge in [-0.1, -0.05) is 25.1 Å². The van der Waals surface area contributed by atoms with Crippen LogP contribution in [0.15, 0.2) is 30.9 Å². The molecule has 0 aliphatic rings. The van der Waals surface area contributed by atoms with Crippen molar-refractivity contribution in [1.82, 2.24) is 0 Å². The van der Waals surface area contributed by atoms with Crippen LogP contribution in [0.1, 0.15) is 18.1 Å². The number of phenols is 1. The minimum atomic E-state index is 0.384. The SMILES string of the molecule is C=CCc1c(O)cccc1CC. The van der Waals surface area contributed by atoms with E-state index in [1.807, 2.05) is 18.2 Å². The van der Waals surface area contributed by atoms with Gasteiger partial charge in [-0.2, -0.15) is 0 Å². The van der Waals surface area contributed by atoms with Gasteiger partial charge in [-0.3, -0.25) is 0 Å². The summed E-state index contributed by atoms with van der Waals surface area (Å²) in [6, 6.07) is 5.64. The summed E-state index contributed by atoms with van der Waals surface area (Å²) in [5.41, 5.74) is 2.21. The standard InChI is InChI=1S/C11H14O/c1-3-6-10-9(4-2)7-5-8-11(10)12/h3,5,7-8,12H,1,4,6H2,2H3. The van der Waals surface area contributed by atoms with E-state index in [1.54, 1.807) is 6.07 Å². The number of allylic oxidation sites excluding steroid dienone is 1. The maximum atomic E-state index is 9.51. The van der Waals surface area contributed by atoms with Crippen molar-refractivity contribution in [1.29, 1.82) is 0 Å². The van der Waals surface area contributed by atoms with Crippen LogP contribution in [-0.2, 0) is 12.8 Å². The van der Waals surface area contributed by atoms with Crippen molar-refractivity contribution in [2.75, 3.05) is 0 Å². The third kappa shape index (κ3) is 1.67. The highest BCUT2D eigenvalue weighted by Gasteiger charge is 2.02. The van der Waals surface area contributed by atoms with Crippen LogP contribution in [0.3, 0.4) is 0 Å². The van der Waals surface area contributed by atoms with E-state index in [9.17, 15) is 5.11 Å². The van der Waals surface area contributed by atoms with Gasteiger partial charge in [0, 0.05) is 5.56 Å². The second-order valence-corrected chi connectivity index (χ2v) is 2.76. The lowest BCUT2D eigenvalue weighted by Gasteiger charge is -2.06. The first-order valence-corrected chi connectivity index (χ1v) is 4.20. The maximum absolute atomic E-state index is 9.51. The van der Waals surface area contributed by atoms with Crippen molar-refractivity contribution in [2.45, 2.75) is 19.8 Å². The maximum Gasteiger partial charge on any atom is 0.119 e. The van der Waals surface area contributed by atoms with E-state index in [4.69, 9.17) is 0 Å². The topological polar surface area (TPSA) is 20.2 Å². The Morgan fingerprint density at radius 1 is 1.50 bits per heavy atom. The number of aromatic hydroxyl groups is 1. The van der Waals surface area contributed by atoms with Crippen molar-refractivity contribution < 1.29 is 5.11 Å². The molecule has 1 rings (SSSR count). The molecule has 1 aromatic rings. The lowest BCUT2D eigenvalue weighted by molar-refractivity contribution is 0.468. The third-order valence-electron chi connectivity index (χ3n) is 1.98. The van der Waals surface area contributed by atoms with E-state index in [0.29, 0.717) is 5.75 Å². The fourth-order valence-corrected chi connectivity index (χ4v) is 1.33. The van der Waals surface area contributed by atoms with Crippen molar-refractivity contribution in [3.05, 3.63) is 42.0 Å². The van der Waals surface area contributed by atoms with Gasteiger partial charge in [0.2, 0.25) is 0 Å². The summed E-state index contributed by atoms with van der Waals surface area (Å²) in [5.74, 6) is 0.384. The van der Waals surface area contributed by atoms with Crippen molar-refractivity contribution >= 4 is 0 Å². The van der Waals surface area contributed by atoms with Crippen LogP contribution in [0.25, 0.3) is 0 Å². The highest BCUT2D eigenvalue weighted by Crippen LogP contribution is 2.21. The smallest absolute Gasteiger partial charge is 0.119 e. The van der Waals surface area contributed by atoms with Crippen LogP contribution in [0.2, 0.25) is 0 Å². The molecule has 0 aliphatic carbocycles. The summed E-state index contributed by atoms with van der Waals surface area (Å²) >= 11 is 0. The van der Waals surface area contributed by atoms with Gasteiger partial charge < -0.3 is 5.11 Å². The monoisotopic (exact) mass is 162 g/mol. The van der Waals surface area contributed by atoms with Crippen LogP contribution in [0.5, 0.6) is 5.75 Å². The molecule has 1 aromatic carbocycles. The Bertz CT molecular complexity index is 276. The Balaban J connectivity index is 3.10. The van der Waals surface area contributed by atoms with Crippen LogP contribution in [0.4, 0.5) is 0 Å². The number of hydrogen-bond acceptors (Lipinski definition) is 1. The molecule has 1 heteroatoms. The first-order valence-electron chi connectivity index (χ1n) is 4.20. The molecule has 0 bridgehead atoms. The predicted octanol–water partition coefficient (Wildman–Crippen LogP) is 2.68. The molecular weight excluding hydrogens is 148 g/mol. The molecule has 0 atom stereocenters. The number of phenolic OH excluding ortho intramolecular Hbond substituents is 1. The minimum Gasteiger partial charge on any atom is -0.508 e. The summed E-state index contributed by atoms with van der Waals surface area (Å²) in [4.78, 5) is 0. The van der Waals surface area contributed by atoms with Crippen LogP contribution in [-0.4, -0.2) is 5.11 Å². The van der Waals surface area contributed by atoms with E-state index in [2.05, 4.69) is 13.5 Å². The second kappa shape index (κ2) is 3.96. The van der Waals surface area contributed by atoms with Gasteiger partial charge in [-0.15, -0.1) is 6.58 Å². The largest absolute Gasteiger partial charge is 0.508 e. The zero-order valence-electron chi connectivity index (χ0n) is 7.38. The fraction of sp³-hybridized carbons (Fsp3) is 0.273. The molecule has 0 fully saturated rings. The zero-order chi connectivity index (χ0) is 8.97. The molecule has 0 unspecified atom stereocenters. The first kappa shape index (κ1) is 8.85. The molecule has 12 heavy (non-hydrogen) atoms. The summed E-state index contributed by atoms with van der Waals surface area (Å²) < 4.78 is 0. The highest BCUT2D eigenvalue weighted by molar-refractivity contribution is 5.40. The molecule has 1 N–H and O–H groups in total. The van der Waals surface area contributed by atoms with Crippen molar-refractivity contribution in [3.8, 4) is 5.75 Å². The molecule has 0 radical (unpaired) electrons. The van der Waals surface area contributed by atoms with E-state index < -0.39 is 0 Å². The quantitative estimate of drug-likeness (QED) is 0.677. The van der Waals surface area contributed by atoms with Gasteiger partial charge in [0.25, 0.3) is 0 Å². The third-order valence-corrected chi connectivity index (χ3v) is 1.98. The lowest BCUT2D eigenvalue weighted by atomic mass is 10.0. The Kier molecular flexibility index (Phi) is 2.92. The van der Waals surface area contributed by atoms with Crippen LogP contribution >= 0.6 is 0 Å². The molecule has 64 valence electrons. The van der Waals surface area contributed by atoms with E-state index in [0.717, 1.165) is 18.4 Å². The van der Waals surface area contributed by atoms with Gasteiger partial charge in [-0.25, -0.2) is 0 Å². The molecule has 0 saturated heterocycles. The average molecular weight is 162 g/mol. The predicted molar refractivity (Wildman–Crippen MR) is 51.4 cm³/mol. The van der Waals surface area contributed by atoms with Gasteiger partial charge in [0.15, 0.2) is 0 Å². The molecular formula is C11H14O. The molecule has 0 spiro atoms. The Labute approximate surface area is 73.4 Å². The van der Waals surface area contributed by atoms with Crippen molar-refractivity contribution in [2.24, 2.45) is 0 Å². The highest BCUT2D eigenvalue weighted by atomic mass is 16.3. The number of hydrogen-bond donors (Lipinski definition) is 1. The van der Waals surface area contributed by atoms with Gasteiger partial charge in [0.05, 0.1) is 0 Å². The number of aryl methyl sites for hydroxylation is 1. The molecule has 0 aromatic heterocycles. The first-order chi connectivity index (χ1) is 5.79. The zero-order valence-corrected chi connectivity index (χ0v) is 7.38. The normalized spacial score (nSPS) is 9.75. The number of rotatable bonds is 3. The van der Waals surface area contributed by atoms with E-state index in [1.165, 1.54) is 5.56 Å². The summed E-state index contributed by atoms with van der Waals surface area (Å²) in [6.45, 7) is 5.75. The van der Waals surface area contributed by atoms with Crippen molar-refractivity contribution in [3.63, 3.8) is 0 Å². The fourth-order valence-electron chi connectivity index (χ4n) is 1.33. The molecule has 0 amide bonds. The van der Waals surface area contributed by atoms with Crippen LogP contribution < -0.4 is 0 Å².